The molecular weight excluding hydrogens is 200 g/mol. The quantitative estimate of drug-likeness (QED) is 0.758. The summed E-state index contributed by atoms with van der Waals surface area (Å²) < 4.78 is 0. The van der Waals surface area contributed by atoms with E-state index in [9.17, 15) is 0 Å². The Morgan fingerprint density at radius 2 is 1.94 bits per heavy atom. The molecule has 4 nitrogen and oxygen atoms in total. The van der Waals surface area contributed by atoms with Crippen LogP contribution in [0.4, 0.5) is 0 Å². The van der Waals surface area contributed by atoms with E-state index in [0.29, 0.717) is 0 Å². The predicted octanol–water partition coefficient (Wildman–Crippen LogP) is 2.87. The molecule has 2 heterocycles. The van der Waals surface area contributed by atoms with Gasteiger partial charge < -0.3 is 4.98 Å². The van der Waals surface area contributed by atoms with Crippen molar-refractivity contribution in [3.05, 3.63) is 18.3 Å². The maximum absolute atomic E-state index is 4.31. The minimum Gasteiger partial charge on any atom is -0.342 e. The van der Waals surface area contributed by atoms with Crippen molar-refractivity contribution in [3.63, 3.8) is 0 Å². The summed E-state index contributed by atoms with van der Waals surface area (Å²) in [7, 11) is 0. The highest BCUT2D eigenvalue weighted by Gasteiger charge is 2.04. The number of hydrogen-bond donors (Lipinski definition) is 1. The zero-order valence-corrected chi connectivity index (χ0v) is 9.74. The van der Waals surface area contributed by atoms with Gasteiger partial charge in [0.2, 0.25) is 0 Å². The van der Waals surface area contributed by atoms with Crippen molar-refractivity contribution >= 4 is 11.2 Å². The first-order valence-electron chi connectivity index (χ1n) is 6.04. The highest BCUT2D eigenvalue weighted by molar-refractivity contribution is 5.71. The lowest BCUT2D eigenvalue weighted by molar-refractivity contribution is 0.629. The molecule has 0 aromatic carbocycles. The first-order valence-corrected chi connectivity index (χ1v) is 6.04. The standard InChI is InChI=1S/C12H18N4/c1-2-3-4-5-6-7-10-11-12(15-8-13-10)16-9-14-11/h8-9H,2-7H2,1H3,(H,13,14,15,16). The molecular formula is C12H18N4. The Bertz CT molecular complexity index is 435. The van der Waals surface area contributed by atoms with Gasteiger partial charge in [0.1, 0.15) is 11.8 Å². The number of nitrogens with one attached hydrogen (secondary N) is 1. The van der Waals surface area contributed by atoms with Crippen LogP contribution in [0.15, 0.2) is 12.7 Å². The zero-order chi connectivity index (χ0) is 11.2. The Hall–Kier alpha value is -1.45. The van der Waals surface area contributed by atoms with E-state index in [-0.39, 0.29) is 0 Å². The molecule has 0 aliphatic heterocycles. The summed E-state index contributed by atoms with van der Waals surface area (Å²) in [5, 5.41) is 0. The lowest BCUT2D eigenvalue weighted by atomic mass is 10.1. The molecule has 0 unspecified atom stereocenters. The van der Waals surface area contributed by atoms with Gasteiger partial charge in [0.15, 0.2) is 5.65 Å². The second-order valence-electron chi connectivity index (χ2n) is 4.09. The predicted molar refractivity (Wildman–Crippen MR) is 64.1 cm³/mol. The number of imidazole rings is 1. The van der Waals surface area contributed by atoms with E-state index in [1.165, 1.54) is 32.1 Å². The van der Waals surface area contributed by atoms with Crippen LogP contribution >= 0.6 is 0 Å². The van der Waals surface area contributed by atoms with Gasteiger partial charge >= 0.3 is 0 Å². The van der Waals surface area contributed by atoms with Crippen LogP contribution in [-0.4, -0.2) is 19.9 Å². The van der Waals surface area contributed by atoms with Crippen LogP contribution in [-0.2, 0) is 6.42 Å². The molecule has 0 saturated heterocycles. The molecule has 2 rings (SSSR count). The van der Waals surface area contributed by atoms with Crippen molar-refractivity contribution in [1.82, 2.24) is 19.9 Å². The molecule has 0 atom stereocenters. The van der Waals surface area contributed by atoms with Crippen molar-refractivity contribution in [3.8, 4) is 0 Å². The minimum atomic E-state index is 0.776. The molecule has 2 aromatic heterocycles. The van der Waals surface area contributed by atoms with Gasteiger partial charge in [-0.15, -0.1) is 0 Å². The Balaban J connectivity index is 1.91. The average molecular weight is 218 g/mol. The summed E-state index contributed by atoms with van der Waals surface area (Å²) >= 11 is 0. The zero-order valence-electron chi connectivity index (χ0n) is 9.74. The van der Waals surface area contributed by atoms with E-state index < -0.39 is 0 Å². The molecule has 2 aromatic rings. The number of hydrogen-bond acceptors (Lipinski definition) is 3. The first kappa shape index (κ1) is 11.0. The lowest BCUT2D eigenvalue weighted by Crippen LogP contribution is -1.94. The van der Waals surface area contributed by atoms with Crippen LogP contribution in [0, 0.1) is 0 Å². The van der Waals surface area contributed by atoms with Gasteiger partial charge in [-0.25, -0.2) is 15.0 Å². The largest absolute Gasteiger partial charge is 0.342 e. The number of aromatic nitrogens is 4. The number of fused-ring (bicyclic) bond motifs is 1. The topological polar surface area (TPSA) is 54.5 Å². The number of unbranched alkanes of at least 4 members (excludes halogenated alkanes) is 4. The van der Waals surface area contributed by atoms with Gasteiger partial charge in [-0.3, -0.25) is 0 Å². The Morgan fingerprint density at radius 3 is 2.81 bits per heavy atom. The van der Waals surface area contributed by atoms with Gasteiger partial charge in [-0.1, -0.05) is 32.6 Å². The molecule has 0 radical (unpaired) electrons. The van der Waals surface area contributed by atoms with E-state index in [1.807, 2.05) is 0 Å². The van der Waals surface area contributed by atoms with E-state index in [4.69, 9.17) is 0 Å². The van der Waals surface area contributed by atoms with Gasteiger partial charge in [-0.2, -0.15) is 0 Å². The maximum atomic E-state index is 4.31. The fourth-order valence-corrected chi connectivity index (χ4v) is 1.90. The molecule has 0 spiro atoms. The van der Waals surface area contributed by atoms with E-state index in [2.05, 4.69) is 26.9 Å². The SMILES string of the molecule is CCCCCCCc1ncnc2nc[nH]c12. The van der Waals surface area contributed by atoms with Crippen molar-refractivity contribution in [2.75, 3.05) is 0 Å². The van der Waals surface area contributed by atoms with Gasteiger partial charge in [0.25, 0.3) is 0 Å². The molecule has 1 N–H and O–H groups in total. The van der Waals surface area contributed by atoms with E-state index in [1.54, 1.807) is 12.7 Å². The molecule has 0 aliphatic carbocycles. The highest BCUT2D eigenvalue weighted by Crippen LogP contribution is 2.13. The average Bonchev–Trinajstić information content (AvgIpc) is 2.77. The fourth-order valence-electron chi connectivity index (χ4n) is 1.90. The molecule has 4 heteroatoms. The van der Waals surface area contributed by atoms with Crippen molar-refractivity contribution < 1.29 is 0 Å². The monoisotopic (exact) mass is 218 g/mol. The Morgan fingerprint density at radius 1 is 1.06 bits per heavy atom. The smallest absolute Gasteiger partial charge is 0.180 e. The van der Waals surface area contributed by atoms with Crippen LogP contribution in [0.5, 0.6) is 0 Å². The molecule has 0 amide bonds. The van der Waals surface area contributed by atoms with Crippen molar-refractivity contribution in [1.29, 1.82) is 0 Å². The summed E-state index contributed by atoms with van der Waals surface area (Å²) in [5.74, 6) is 0. The molecule has 0 aliphatic rings. The van der Waals surface area contributed by atoms with Crippen molar-refractivity contribution in [2.24, 2.45) is 0 Å². The Labute approximate surface area is 95.5 Å². The summed E-state index contributed by atoms with van der Waals surface area (Å²) in [4.78, 5) is 15.7. The highest BCUT2D eigenvalue weighted by atomic mass is 15.0. The number of nitrogens with zero attached hydrogens (tertiary/aromatic N) is 3. The summed E-state index contributed by atoms with van der Waals surface area (Å²) in [6, 6.07) is 0. The molecule has 0 bridgehead atoms. The third kappa shape index (κ3) is 2.56. The van der Waals surface area contributed by atoms with Crippen LogP contribution in [0.3, 0.4) is 0 Å². The summed E-state index contributed by atoms with van der Waals surface area (Å²) in [5.41, 5.74) is 2.87. The number of H-pyrrole nitrogens is 1. The maximum Gasteiger partial charge on any atom is 0.180 e. The van der Waals surface area contributed by atoms with Crippen LogP contribution < -0.4 is 0 Å². The van der Waals surface area contributed by atoms with E-state index in [0.717, 1.165) is 23.3 Å². The van der Waals surface area contributed by atoms with Gasteiger partial charge in [0.05, 0.1) is 12.0 Å². The second-order valence-corrected chi connectivity index (χ2v) is 4.09. The van der Waals surface area contributed by atoms with Crippen LogP contribution in [0.1, 0.15) is 44.7 Å². The Kier molecular flexibility index (Phi) is 3.86. The molecule has 0 saturated carbocycles. The molecule has 86 valence electrons. The third-order valence-corrected chi connectivity index (χ3v) is 2.82. The van der Waals surface area contributed by atoms with Crippen LogP contribution in [0.25, 0.3) is 11.2 Å². The van der Waals surface area contributed by atoms with Crippen LogP contribution in [0.2, 0.25) is 0 Å². The first-order chi connectivity index (χ1) is 7.92. The molecule has 16 heavy (non-hydrogen) atoms. The second kappa shape index (κ2) is 5.58. The van der Waals surface area contributed by atoms with E-state index >= 15 is 0 Å². The number of aryl methyl sites for hydroxylation is 1. The number of rotatable bonds is 6. The summed E-state index contributed by atoms with van der Waals surface area (Å²) in [6.45, 7) is 2.23. The molecule has 0 fully saturated rings. The fraction of sp³-hybridized carbons (Fsp3) is 0.583. The van der Waals surface area contributed by atoms with Gasteiger partial charge in [0, 0.05) is 0 Å². The van der Waals surface area contributed by atoms with Gasteiger partial charge in [-0.05, 0) is 12.8 Å². The summed E-state index contributed by atoms with van der Waals surface area (Å²) in [6.07, 6.45) is 10.7. The normalized spacial score (nSPS) is 11.1. The van der Waals surface area contributed by atoms with Crippen molar-refractivity contribution in [2.45, 2.75) is 45.4 Å². The third-order valence-electron chi connectivity index (χ3n) is 2.82. The lowest BCUT2D eigenvalue weighted by Gasteiger charge is -2.01. The number of aromatic amines is 1. The minimum absolute atomic E-state index is 0.776.